The van der Waals surface area contributed by atoms with E-state index in [2.05, 4.69) is 20.8 Å². The maximum Gasteiger partial charge on any atom is 0.234 e. The molecule has 0 saturated carbocycles. The summed E-state index contributed by atoms with van der Waals surface area (Å²) < 4.78 is 0.711. The minimum absolute atomic E-state index is 0.0913. The summed E-state index contributed by atoms with van der Waals surface area (Å²) in [5.74, 6) is 0.150. The number of aryl methyl sites for hydroxylation is 1. The number of benzene rings is 2. The summed E-state index contributed by atoms with van der Waals surface area (Å²) in [6, 6.07) is 15.4. The number of aromatic nitrogens is 2. The largest absolute Gasteiger partial charge is 0.330 e. The number of carbonyl (C=O) groups excluding carboxylic acids is 2. The van der Waals surface area contributed by atoms with Gasteiger partial charge in [-0.2, -0.15) is 0 Å². The van der Waals surface area contributed by atoms with Crippen LogP contribution in [0.25, 0.3) is 0 Å². The quantitative estimate of drug-likeness (QED) is 0.529. The molecule has 2 heterocycles. The number of carbonyl (C=O) groups is 2. The molecule has 2 aromatic carbocycles. The van der Waals surface area contributed by atoms with Crippen molar-refractivity contribution in [1.29, 1.82) is 0 Å². The molecule has 0 aliphatic carbocycles. The lowest BCUT2D eigenvalue weighted by Crippen LogP contribution is -2.25. The van der Waals surface area contributed by atoms with Crippen molar-refractivity contribution in [2.75, 3.05) is 27.8 Å². The van der Waals surface area contributed by atoms with Crippen molar-refractivity contribution in [3.8, 4) is 0 Å². The summed E-state index contributed by atoms with van der Waals surface area (Å²) >= 11 is 2.74. The summed E-state index contributed by atoms with van der Waals surface area (Å²) in [5.41, 5.74) is 3.51. The van der Waals surface area contributed by atoms with Crippen LogP contribution in [0.2, 0.25) is 0 Å². The number of nitrogens with zero attached hydrogens (tertiary/aromatic N) is 3. The molecule has 1 fully saturated rings. The Labute approximate surface area is 182 Å². The third-order valence-electron chi connectivity index (χ3n) is 4.54. The Kier molecular flexibility index (Phi) is 6.29. The number of amides is 2. The van der Waals surface area contributed by atoms with Gasteiger partial charge in [-0.05, 0) is 43.2 Å². The second-order valence-corrected chi connectivity index (χ2v) is 9.07. The van der Waals surface area contributed by atoms with Crippen molar-refractivity contribution in [3.63, 3.8) is 0 Å². The van der Waals surface area contributed by atoms with Gasteiger partial charge in [-0.1, -0.05) is 47.4 Å². The van der Waals surface area contributed by atoms with E-state index in [0.29, 0.717) is 28.1 Å². The highest BCUT2D eigenvalue weighted by Crippen LogP contribution is 2.31. The van der Waals surface area contributed by atoms with Gasteiger partial charge in [-0.25, -0.2) is 0 Å². The molecule has 0 bridgehead atoms. The van der Waals surface area contributed by atoms with Gasteiger partial charge in [0.1, 0.15) is 0 Å². The number of nitrogens with one attached hydrogen (secondary N) is 2. The first-order valence-corrected chi connectivity index (χ1v) is 11.4. The lowest BCUT2D eigenvalue weighted by Gasteiger charge is -2.19. The maximum absolute atomic E-state index is 12.5. The first-order valence-electron chi connectivity index (χ1n) is 9.58. The van der Waals surface area contributed by atoms with Crippen LogP contribution in [0.1, 0.15) is 18.4 Å². The number of rotatable bonds is 7. The monoisotopic (exact) mass is 439 g/mol. The Morgan fingerprint density at radius 2 is 2.07 bits per heavy atom. The van der Waals surface area contributed by atoms with Gasteiger partial charge < -0.3 is 15.5 Å². The van der Waals surface area contributed by atoms with Crippen LogP contribution >= 0.6 is 23.1 Å². The van der Waals surface area contributed by atoms with E-state index in [4.69, 9.17) is 0 Å². The summed E-state index contributed by atoms with van der Waals surface area (Å²) in [7, 11) is 0. The number of hydrogen-bond donors (Lipinski definition) is 2. The van der Waals surface area contributed by atoms with Gasteiger partial charge in [0.15, 0.2) is 4.34 Å². The lowest BCUT2D eigenvalue weighted by molar-refractivity contribution is -0.117. The van der Waals surface area contributed by atoms with E-state index in [1.807, 2.05) is 55.5 Å². The Balaban J connectivity index is 1.34. The third kappa shape index (κ3) is 4.98. The van der Waals surface area contributed by atoms with E-state index >= 15 is 0 Å². The Morgan fingerprint density at radius 1 is 1.20 bits per heavy atom. The van der Waals surface area contributed by atoms with Crippen LogP contribution < -0.4 is 15.5 Å². The van der Waals surface area contributed by atoms with Gasteiger partial charge in [-0.3, -0.25) is 9.59 Å². The highest BCUT2D eigenvalue weighted by molar-refractivity contribution is 8.01. The average molecular weight is 440 g/mol. The van der Waals surface area contributed by atoms with E-state index in [9.17, 15) is 9.59 Å². The molecule has 30 heavy (non-hydrogen) atoms. The van der Waals surface area contributed by atoms with E-state index in [1.165, 1.54) is 23.1 Å². The molecule has 2 amide bonds. The molecule has 0 radical (unpaired) electrons. The van der Waals surface area contributed by atoms with Gasteiger partial charge in [0.2, 0.25) is 16.9 Å². The number of para-hydroxylation sites is 2. The molecule has 4 rings (SSSR count). The van der Waals surface area contributed by atoms with E-state index in [0.717, 1.165) is 23.4 Å². The van der Waals surface area contributed by atoms with Gasteiger partial charge in [-0.15, -0.1) is 10.2 Å². The zero-order valence-electron chi connectivity index (χ0n) is 16.4. The molecule has 0 spiro atoms. The molecule has 1 saturated heterocycles. The van der Waals surface area contributed by atoms with Crippen molar-refractivity contribution >= 4 is 57.1 Å². The van der Waals surface area contributed by atoms with Crippen LogP contribution in [-0.4, -0.2) is 34.3 Å². The molecule has 3 aromatic rings. The fraction of sp³-hybridized carbons (Fsp3) is 0.238. The minimum atomic E-state index is -0.150. The van der Waals surface area contributed by atoms with Crippen molar-refractivity contribution in [1.82, 2.24) is 10.2 Å². The summed E-state index contributed by atoms with van der Waals surface area (Å²) in [4.78, 5) is 26.3. The van der Waals surface area contributed by atoms with Crippen molar-refractivity contribution in [2.45, 2.75) is 24.1 Å². The van der Waals surface area contributed by atoms with Crippen LogP contribution in [0.4, 0.5) is 22.2 Å². The first-order chi connectivity index (χ1) is 14.6. The fourth-order valence-corrected chi connectivity index (χ4v) is 4.77. The minimum Gasteiger partial charge on any atom is -0.330 e. The molecule has 0 atom stereocenters. The number of thioether (sulfide) groups is 1. The molecule has 1 aliphatic rings. The summed E-state index contributed by atoms with van der Waals surface area (Å²) in [6.45, 7) is 2.71. The van der Waals surface area contributed by atoms with Crippen LogP contribution in [0.5, 0.6) is 0 Å². The summed E-state index contributed by atoms with van der Waals surface area (Å²) in [5, 5.41) is 15.1. The smallest absolute Gasteiger partial charge is 0.234 e. The molecular formula is C21H21N5O2S2. The molecule has 1 aliphatic heterocycles. The molecule has 9 heteroatoms. The van der Waals surface area contributed by atoms with Crippen molar-refractivity contribution in [3.05, 3.63) is 54.1 Å². The van der Waals surface area contributed by atoms with Crippen LogP contribution in [0.3, 0.4) is 0 Å². The van der Waals surface area contributed by atoms with Crippen LogP contribution in [0, 0.1) is 6.92 Å². The zero-order valence-corrected chi connectivity index (χ0v) is 18.1. The SMILES string of the molecule is Cc1cccc(Nc2nnc(SCC(=O)Nc3ccccc3N3CCCC3=O)s2)c1. The maximum atomic E-state index is 12.5. The molecular weight excluding hydrogens is 418 g/mol. The van der Waals surface area contributed by atoms with Crippen molar-refractivity contribution in [2.24, 2.45) is 0 Å². The van der Waals surface area contributed by atoms with Gasteiger partial charge in [0.05, 0.1) is 17.1 Å². The van der Waals surface area contributed by atoms with Gasteiger partial charge in [0, 0.05) is 18.7 Å². The lowest BCUT2D eigenvalue weighted by atomic mass is 10.2. The Bertz CT molecular complexity index is 1070. The van der Waals surface area contributed by atoms with E-state index in [1.54, 1.807) is 4.90 Å². The topological polar surface area (TPSA) is 87.2 Å². The molecule has 154 valence electrons. The third-order valence-corrected chi connectivity index (χ3v) is 6.52. The normalized spacial score (nSPS) is 13.5. The average Bonchev–Trinajstić information content (AvgIpc) is 3.36. The highest BCUT2D eigenvalue weighted by Gasteiger charge is 2.24. The van der Waals surface area contributed by atoms with Crippen molar-refractivity contribution < 1.29 is 9.59 Å². The predicted octanol–water partition coefficient (Wildman–Crippen LogP) is 4.45. The van der Waals surface area contributed by atoms with E-state index in [-0.39, 0.29) is 17.6 Å². The predicted molar refractivity (Wildman–Crippen MR) is 122 cm³/mol. The second kappa shape index (κ2) is 9.27. The standard InChI is InChI=1S/C21H21N5O2S2/c1-14-6-4-7-15(12-14)22-20-24-25-21(30-20)29-13-18(27)23-16-8-2-3-9-17(16)26-11-5-10-19(26)28/h2-4,6-9,12H,5,10-11,13H2,1H3,(H,22,24)(H,23,27). The number of hydrogen-bond acceptors (Lipinski definition) is 7. The molecule has 0 unspecified atom stereocenters. The fourth-order valence-electron chi connectivity index (χ4n) is 3.20. The Morgan fingerprint density at radius 3 is 2.87 bits per heavy atom. The second-order valence-electron chi connectivity index (χ2n) is 6.87. The van der Waals surface area contributed by atoms with Gasteiger partial charge >= 0.3 is 0 Å². The first kappa shape index (κ1) is 20.4. The number of anilines is 4. The molecule has 7 nitrogen and oxygen atoms in total. The zero-order chi connectivity index (χ0) is 20.9. The van der Waals surface area contributed by atoms with Crippen LogP contribution in [-0.2, 0) is 9.59 Å². The Hall–Kier alpha value is -2.91. The van der Waals surface area contributed by atoms with E-state index < -0.39 is 0 Å². The molecule has 2 N–H and O–H groups in total. The highest BCUT2D eigenvalue weighted by atomic mass is 32.2. The van der Waals surface area contributed by atoms with Crippen LogP contribution in [0.15, 0.2) is 52.9 Å². The molecule has 1 aromatic heterocycles. The summed E-state index contributed by atoms with van der Waals surface area (Å²) in [6.07, 6.45) is 1.39. The van der Waals surface area contributed by atoms with Gasteiger partial charge in [0.25, 0.3) is 0 Å².